The molecule has 1 amide bonds. The Balaban J connectivity index is 1.52. The Morgan fingerprint density at radius 3 is 2.62 bits per heavy atom. The Kier molecular flexibility index (Phi) is 7.35. The molecule has 4 aromatic rings. The number of hydrogen-bond acceptors (Lipinski definition) is 7. The third-order valence-corrected chi connectivity index (χ3v) is 6.79. The number of rotatable bonds is 8. The van der Waals surface area contributed by atoms with Crippen LogP contribution < -0.4 is 10.2 Å². The van der Waals surface area contributed by atoms with Gasteiger partial charge in [-0.05, 0) is 52.3 Å². The van der Waals surface area contributed by atoms with Crippen molar-refractivity contribution in [2.24, 2.45) is 5.10 Å². The number of nitrogens with zero attached hydrogens (tertiary/aromatic N) is 4. The Morgan fingerprint density at radius 1 is 1.16 bits per heavy atom. The van der Waals surface area contributed by atoms with Crippen LogP contribution in [0.3, 0.4) is 0 Å². The summed E-state index contributed by atoms with van der Waals surface area (Å²) in [6, 6.07) is 21.3. The molecule has 0 atom stereocenters. The first kappa shape index (κ1) is 22.3. The first-order valence-corrected chi connectivity index (χ1v) is 12.1. The predicted octanol–water partition coefficient (Wildman–Crippen LogP) is 5.01. The van der Waals surface area contributed by atoms with Crippen molar-refractivity contribution in [1.82, 2.24) is 20.2 Å². The molecule has 0 fully saturated rings. The van der Waals surface area contributed by atoms with Crippen LogP contribution in [0.1, 0.15) is 4.88 Å². The Labute approximate surface area is 201 Å². The van der Waals surface area contributed by atoms with E-state index in [2.05, 4.69) is 36.7 Å². The van der Waals surface area contributed by atoms with E-state index in [0.717, 1.165) is 25.7 Å². The van der Waals surface area contributed by atoms with Crippen molar-refractivity contribution < 1.29 is 9.53 Å². The SMILES string of the molecule is COc1ccc(-n2c(SCC(=O)N/N=C\c3ccc(Br)s3)nnc2-c2ccccc2)cc1. The average Bonchev–Trinajstić information content (AvgIpc) is 3.44. The van der Waals surface area contributed by atoms with Gasteiger partial charge in [-0.1, -0.05) is 42.1 Å². The van der Waals surface area contributed by atoms with Crippen LogP contribution in [-0.2, 0) is 4.79 Å². The monoisotopic (exact) mass is 527 g/mol. The van der Waals surface area contributed by atoms with Gasteiger partial charge < -0.3 is 4.74 Å². The van der Waals surface area contributed by atoms with Crippen molar-refractivity contribution in [3.63, 3.8) is 0 Å². The maximum Gasteiger partial charge on any atom is 0.250 e. The Morgan fingerprint density at radius 2 is 1.94 bits per heavy atom. The first-order chi connectivity index (χ1) is 15.6. The molecule has 1 N–H and O–H groups in total. The van der Waals surface area contributed by atoms with E-state index in [1.165, 1.54) is 23.1 Å². The van der Waals surface area contributed by atoms with E-state index in [1.807, 2.05) is 71.3 Å². The lowest BCUT2D eigenvalue weighted by Gasteiger charge is -2.11. The summed E-state index contributed by atoms with van der Waals surface area (Å²) < 4.78 is 8.20. The molecule has 0 radical (unpaired) electrons. The number of hydrogen-bond donors (Lipinski definition) is 1. The number of amides is 1. The van der Waals surface area contributed by atoms with Gasteiger partial charge in [-0.25, -0.2) is 5.43 Å². The highest BCUT2D eigenvalue weighted by atomic mass is 79.9. The topological polar surface area (TPSA) is 81.4 Å². The van der Waals surface area contributed by atoms with E-state index in [9.17, 15) is 4.79 Å². The van der Waals surface area contributed by atoms with E-state index >= 15 is 0 Å². The number of carbonyl (C=O) groups excluding carboxylic acids is 1. The number of carbonyl (C=O) groups is 1. The fourth-order valence-electron chi connectivity index (χ4n) is 2.83. The highest BCUT2D eigenvalue weighted by Gasteiger charge is 2.17. The molecular formula is C22H18BrN5O2S2. The van der Waals surface area contributed by atoms with Crippen LogP contribution in [-0.4, -0.2) is 39.7 Å². The zero-order valence-electron chi connectivity index (χ0n) is 16.9. The summed E-state index contributed by atoms with van der Waals surface area (Å²) in [5, 5.41) is 13.3. The fraction of sp³-hybridized carbons (Fsp3) is 0.0909. The van der Waals surface area contributed by atoms with E-state index in [-0.39, 0.29) is 11.7 Å². The van der Waals surface area contributed by atoms with Gasteiger partial charge in [0.25, 0.3) is 5.91 Å². The molecule has 0 saturated carbocycles. The van der Waals surface area contributed by atoms with Gasteiger partial charge in [-0.2, -0.15) is 5.10 Å². The maximum absolute atomic E-state index is 12.3. The number of thiophene rings is 1. The van der Waals surface area contributed by atoms with E-state index in [1.54, 1.807) is 13.3 Å². The molecule has 2 aromatic carbocycles. The molecule has 0 saturated heterocycles. The van der Waals surface area contributed by atoms with Crippen LogP contribution in [0.5, 0.6) is 5.75 Å². The third kappa shape index (κ3) is 5.45. The molecule has 2 aromatic heterocycles. The van der Waals surface area contributed by atoms with Gasteiger partial charge in [0.1, 0.15) is 5.75 Å². The van der Waals surface area contributed by atoms with Crippen molar-refractivity contribution in [1.29, 1.82) is 0 Å². The molecule has 0 aliphatic rings. The van der Waals surface area contributed by atoms with Crippen LogP contribution in [0.25, 0.3) is 17.1 Å². The maximum atomic E-state index is 12.3. The Hall–Kier alpha value is -2.95. The standard InChI is InChI=1S/C22H18BrN5O2S2/c1-30-17-9-7-16(8-10-17)28-21(15-5-3-2-4-6-15)26-27-22(28)31-14-20(29)25-24-13-18-11-12-19(23)32-18/h2-13H,14H2,1H3,(H,25,29)/b24-13-. The highest BCUT2D eigenvalue weighted by Crippen LogP contribution is 2.28. The summed E-state index contributed by atoms with van der Waals surface area (Å²) in [4.78, 5) is 13.2. The highest BCUT2D eigenvalue weighted by molar-refractivity contribution is 9.11. The lowest BCUT2D eigenvalue weighted by atomic mass is 10.2. The third-order valence-electron chi connectivity index (χ3n) is 4.30. The molecular weight excluding hydrogens is 510 g/mol. The lowest BCUT2D eigenvalue weighted by Crippen LogP contribution is -2.19. The van der Waals surface area contributed by atoms with Crippen LogP contribution in [0.2, 0.25) is 0 Å². The summed E-state index contributed by atoms with van der Waals surface area (Å²) in [7, 11) is 1.63. The van der Waals surface area contributed by atoms with E-state index < -0.39 is 0 Å². The second kappa shape index (κ2) is 10.6. The summed E-state index contributed by atoms with van der Waals surface area (Å²) in [5.74, 6) is 1.37. The molecule has 2 heterocycles. The number of thioether (sulfide) groups is 1. The minimum absolute atomic E-state index is 0.147. The average molecular weight is 528 g/mol. The number of nitrogens with one attached hydrogen (secondary N) is 1. The summed E-state index contributed by atoms with van der Waals surface area (Å²) in [6.07, 6.45) is 1.62. The van der Waals surface area contributed by atoms with Crippen molar-refractivity contribution in [3.8, 4) is 22.8 Å². The smallest absolute Gasteiger partial charge is 0.250 e. The summed E-state index contributed by atoms with van der Waals surface area (Å²) >= 11 is 6.23. The number of halogens is 1. The fourth-order valence-corrected chi connectivity index (χ4v) is 4.87. The summed E-state index contributed by atoms with van der Waals surface area (Å²) in [5.41, 5.74) is 4.35. The molecule has 0 aliphatic carbocycles. The van der Waals surface area contributed by atoms with Crippen LogP contribution in [0.15, 0.2) is 80.8 Å². The zero-order chi connectivity index (χ0) is 22.3. The van der Waals surface area contributed by atoms with Crippen molar-refractivity contribution in [2.45, 2.75) is 5.16 Å². The zero-order valence-corrected chi connectivity index (χ0v) is 20.2. The van der Waals surface area contributed by atoms with Crippen molar-refractivity contribution in [2.75, 3.05) is 12.9 Å². The van der Waals surface area contributed by atoms with Crippen LogP contribution in [0, 0.1) is 0 Å². The van der Waals surface area contributed by atoms with E-state index in [4.69, 9.17) is 4.74 Å². The first-order valence-electron chi connectivity index (χ1n) is 9.49. The van der Waals surface area contributed by atoms with Gasteiger partial charge in [-0.15, -0.1) is 21.5 Å². The molecule has 162 valence electrons. The minimum Gasteiger partial charge on any atom is -0.497 e. The predicted molar refractivity (Wildman–Crippen MR) is 132 cm³/mol. The summed E-state index contributed by atoms with van der Waals surface area (Å²) in [6.45, 7) is 0. The number of benzene rings is 2. The van der Waals surface area contributed by atoms with Crippen LogP contribution in [0.4, 0.5) is 0 Å². The quantitative estimate of drug-likeness (QED) is 0.198. The molecule has 0 spiro atoms. The molecule has 0 unspecified atom stereocenters. The van der Waals surface area contributed by atoms with Crippen molar-refractivity contribution in [3.05, 3.63) is 75.4 Å². The van der Waals surface area contributed by atoms with E-state index in [0.29, 0.717) is 11.0 Å². The van der Waals surface area contributed by atoms with Gasteiger partial charge in [0.15, 0.2) is 11.0 Å². The van der Waals surface area contributed by atoms with Gasteiger partial charge in [0.2, 0.25) is 0 Å². The molecule has 0 bridgehead atoms. The van der Waals surface area contributed by atoms with Crippen LogP contribution >= 0.6 is 39.0 Å². The Bertz CT molecular complexity index is 1220. The number of aromatic nitrogens is 3. The molecule has 7 nitrogen and oxygen atoms in total. The molecule has 32 heavy (non-hydrogen) atoms. The molecule has 10 heteroatoms. The number of methoxy groups -OCH3 is 1. The van der Waals surface area contributed by atoms with Gasteiger partial charge in [0.05, 0.1) is 22.9 Å². The molecule has 0 aliphatic heterocycles. The number of hydrazone groups is 1. The second-order valence-corrected chi connectivity index (χ2v) is 9.87. The normalized spacial score (nSPS) is 11.1. The van der Waals surface area contributed by atoms with Gasteiger partial charge in [-0.3, -0.25) is 9.36 Å². The lowest BCUT2D eigenvalue weighted by molar-refractivity contribution is -0.118. The van der Waals surface area contributed by atoms with Gasteiger partial charge in [0, 0.05) is 16.1 Å². The minimum atomic E-state index is -0.229. The molecule has 4 rings (SSSR count). The largest absolute Gasteiger partial charge is 0.497 e. The second-order valence-electron chi connectivity index (χ2n) is 6.43. The van der Waals surface area contributed by atoms with Crippen molar-refractivity contribution >= 4 is 51.2 Å². The number of ether oxygens (including phenoxy) is 1. The van der Waals surface area contributed by atoms with Gasteiger partial charge >= 0.3 is 0 Å².